The van der Waals surface area contributed by atoms with Crippen molar-refractivity contribution in [3.63, 3.8) is 0 Å². The van der Waals surface area contributed by atoms with Crippen molar-refractivity contribution >= 4 is 38.1 Å². The number of imidazole rings is 1. The van der Waals surface area contributed by atoms with Crippen LogP contribution in [-0.2, 0) is 18.4 Å². The van der Waals surface area contributed by atoms with Gasteiger partial charge in [-0.15, -0.1) is 0 Å². The van der Waals surface area contributed by atoms with Crippen molar-refractivity contribution in [2.45, 2.75) is 55.6 Å². The van der Waals surface area contributed by atoms with E-state index in [9.17, 15) is 33.0 Å². The number of ether oxygens (including phenoxy) is 1. The summed E-state index contributed by atoms with van der Waals surface area (Å²) in [6.45, 7) is -0.754. The number of aromatic nitrogens is 3. The predicted octanol–water partition coefficient (Wildman–Crippen LogP) is 1.48. The van der Waals surface area contributed by atoms with Gasteiger partial charge >= 0.3 is 15.2 Å². The third kappa shape index (κ3) is 6.19. The van der Waals surface area contributed by atoms with E-state index in [0.717, 1.165) is 0 Å². The molecule has 3 unspecified atom stereocenters. The van der Waals surface area contributed by atoms with Crippen LogP contribution in [-0.4, -0.2) is 82.3 Å². The summed E-state index contributed by atoms with van der Waals surface area (Å²) in [5.41, 5.74) is 0.662. The van der Waals surface area contributed by atoms with Crippen LogP contribution in [0.4, 0.5) is 14.5 Å². The first-order valence-corrected chi connectivity index (χ1v) is 14.3. The number of alkyl halides is 2. The highest BCUT2D eigenvalue weighted by Gasteiger charge is 2.46. The van der Waals surface area contributed by atoms with Crippen LogP contribution >= 0.6 is 26.8 Å². The number of nitrogens with zero attached hydrogens (tertiary/aromatic N) is 3. The van der Waals surface area contributed by atoms with Gasteiger partial charge in [0.2, 0.25) is 5.92 Å². The quantitative estimate of drug-likeness (QED) is 0.254. The summed E-state index contributed by atoms with van der Waals surface area (Å²) in [6.07, 6.45) is -4.84. The molecular weight excluding hydrogens is 540 g/mol. The number of rotatable bonds is 8. The van der Waals surface area contributed by atoms with Gasteiger partial charge < -0.3 is 39.5 Å². The summed E-state index contributed by atoms with van der Waals surface area (Å²) in [7, 11) is -9.57. The average Bonchev–Trinajstić information content (AvgIpc) is 3.35. The highest BCUT2D eigenvalue weighted by Crippen LogP contribution is 2.55. The summed E-state index contributed by atoms with van der Waals surface area (Å²) >= 11 is 6.10. The standard InChI is InChI=1S/C17H23ClF2N4O9P2/c18-12-3-9(22-8-1-2-17(19,20)4-8)16-21-5-10(24(16)23-12)15-14(26)13(25)11(33-15)6-32-35(30,31)7-34(27,28)29/h3,5,8,11,13-15,22,25-26H,1-2,4,6-7H2,(H,30,31)(H2,27,28,29)/t8?,11-,13-,14-,15?/m1/s1. The molecule has 0 amide bonds. The molecule has 18 heteroatoms. The number of halogens is 3. The predicted molar refractivity (Wildman–Crippen MR) is 117 cm³/mol. The van der Waals surface area contributed by atoms with Gasteiger partial charge in [-0.1, -0.05) is 11.6 Å². The topological polar surface area (TPSA) is 196 Å². The van der Waals surface area contributed by atoms with Crippen molar-refractivity contribution in [1.29, 1.82) is 0 Å². The Morgan fingerprint density at radius 3 is 2.63 bits per heavy atom. The van der Waals surface area contributed by atoms with E-state index in [1.165, 1.54) is 16.8 Å². The van der Waals surface area contributed by atoms with E-state index in [0.29, 0.717) is 5.69 Å². The largest absolute Gasteiger partial charge is 0.387 e. The van der Waals surface area contributed by atoms with Crippen molar-refractivity contribution in [2.75, 3.05) is 17.8 Å². The number of hydrogen-bond acceptors (Lipinski definition) is 9. The van der Waals surface area contributed by atoms with Crippen molar-refractivity contribution in [2.24, 2.45) is 0 Å². The van der Waals surface area contributed by atoms with Gasteiger partial charge in [0.15, 0.2) is 16.7 Å². The molecule has 196 valence electrons. The Bertz CT molecular complexity index is 1200. The van der Waals surface area contributed by atoms with Gasteiger partial charge in [-0.25, -0.2) is 18.3 Å². The van der Waals surface area contributed by atoms with E-state index in [-0.39, 0.29) is 35.8 Å². The Morgan fingerprint density at radius 2 is 2.00 bits per heavy atom. The molecule has 2 aromatic rings. The number of fused-ring (bicyclic) bond motifs is 1. The Morgan fingerprint density at radius 1 is 1.29 bits per heavy atom. The summed E-state index contributed by atoms with van der Waals surface area (Å²) in [5.74, 6) is -4.20. The molecule has 4 rings (SSSR count). The SMILES string of the molecule is O=P(O)(O)CP(=O)(O)OC[C@H]1OC(c2cnc3c(NC4CCC(F)(F)C4)cc(Cl)nn23)[C@H](O)[C@@H]1O. The first kappa shape index (κ1) is 26.8. The highest BCUT2D eigenvalue weighted by atomic mass is 35.5. The van der Waals surface area contributed by atoms with Crippen molar-refractivity contribution < 1.29 is 52.1 Å². The van der Waals surface area contributed by atoms with E-state index < -0.39 is 64.1 Å². The van der Waals surface area contributed by atoms with Gasteiger partial charge in [-0.05, 0) is 6.42 Å². The number of nitrogens with one attached hydrogen (secondary N) is 1. The van der Waals surface area contributed by atoms with Crippen LogP contribution in [0.5, 0.6) is 0 Å². The average molecular weight is 563 g/mol. The minimum Gasteiger partial charge on any atom is -0.387 e. The number of aliphatic hydroxyl groups excluding tert-OH is 2. The van der Waals surface area contributed by atoms with Crippen LogP contribution in [0.3, 0.4) is 0 Å². The van der Waals surface area contributed by atoms with Crippen LogP contribution in [0.25, 0.3) is 5.65 Å². The number of aliphatic hydroxyl groups is 2. The Balaban J connectivity index is 1.53. The third-order valence-corrected chi connectivity index (χ3v) is 9.33. The maximum atomic E-state index is 13.6. The molecule has 1 saturated heterocycles. The van der Waals surface area contributed by atoms with Crippen LogP contribution < -0.4 is 5.32 Å². The Labute approximate surface area is 201 Å². The molecule has 1 aliphatic heterocycles. The van der Waals surface area contributed by atoms with Gasteiger partial charge in [-0.2, -0.15) is 5.10 Å². The minimum atomic E-state index is -4.85. The molecule has 2 fully saturated rings. The molecule has 0 aromatic carbocycles. The van der Waals surface area contributed by atoms with Crippen molar-refractivity contribution in [3.8, 4) is 0 Å². The van der Waals surface area contributed by atoms with Crippen LogP contribution in [0.15, 0.2) is 12.3 Å². The van der Waals surface area contributed by atoms with Gasteiger partial charge in [0, 0.05) is 24.9 Å². The lowest BCUT2D eigenvalue weighted by atomic mass is 10.1. The van der Waals surface area contributed by atoms with Gasteiger partial charge in [0.1, 0.15) is 24.4 Å². The van der Waals surface area contributed by atoms with E-state index in [4.69, 9.17) is 26.1 Å². The molecule has 0 radical (unpaired) electrons. The van der Waals surface area contributed by atoms with Crippen LogP contribution in [0, 0.1) is 0 Å². The second-order valence-corrected chi connectivity index (χ2v) is 12.9. The molecule has 0 spiro atoms. The molecule has 35 heavy (non-hydrogen) atoms. The molecule has 1 aliphatic carbocycles. The lowest BCUT2D eigenvalue weighted by molar-refractivity contribution is -0.0204. The second kappa shape index (κ2) is 9.56. The molecule has 0 bridgehead atoms. The normalized spacial score (nSPS) is 30.6. The van der Waals surface area contributed by atoms with Gasteiger partial charge in [0.05, 0.1) is 24.2 Å². The zero-order chi connectivity index (χ0) is 25.8. The van der Waals surface area contributed by atoms with Crippen LogP contribution in [0.2, 0.25) is 5.15 Å². The maximum Gasteiger partial charge on any atom is 0.340 e. The lowest BCUT2D eigenvalue weighted by Gasteiger charge is -2.18. The highest BCUT2D eigenvalue weighted by molar-refractivity contribution is 7.70. The van der Waals surface area contributed by atoms with Gasteiger partial charge in [-0.3, -0.25) is 9.13 Å². The van der Waals surface area contributed by atoms with E-state index in [1.54, 1.807) is 0 Å². The molecule has 2 aromatic heterocycles. The van der Waals surface area contributed by atoms with Crippen molar-refractivity contribution in [3.05, 3.63) is 23.1 Å². The second-order valence-electron chi connectivity index (χ2n) is 8.55. The first-order chi connectivity index (χ1) is 16.1. The third-order valence-electron chi connectivity index (χ3n) is 5.68. The van der Waals surface area contributed by atoms with E-state index >= 15 is 0 Å². The molecule has 13 nitrogen and oxygen atoms in total. The summed E-state index contributed by atoms with van der Waals surface area (Å²) in [4.78, 5) is 31.6. The van der Waals surface area contributed by atoms with E-state index in [2.05, 4.69) is 19.9 Å². The lowest BCUT2D eigenvalue weighted by Crippen LogP contribution is -2.33. The zero-order valence-corrected chi connectivity index (χ0v) is 20.4. The fourth-order valence-electron chi connectivity index (χ4n) is 4.14. The fourth-order valence-corrected chi connectivity index (χ4v) is 6.90. The summed E-state index contributed by atoms with van der Waals surface area (Å²) < 4.78 is 61.5. The maximum absolute atomic E-state index is 13.6. The Kier molecular flexibility index (Phi) is 7.32. The Hall–Kier alpha value is -1.25. The summed E-state index contributed by atoms with van der Waals surface area (Å²) in [6, 6.07) is 0.896. The zero-order valence-electron chi connectivity index (χ0n) is 17.8. The first-order valence-electron chi connectivity index (χ1n) is 10.4. The minimum absolute atomic E-state index is 0.0180. The fraction of sp³-hybridized carbons (Fsp3) is 0.647. The smallest absolute Gasteiger partial charge is 0.340 e. The van der Waals surface area contributed by atoms with Crippen molar-refractivity contribution in [1.82, 2.24) is 14.6 Å². The molecule has 6 N–H and O–H groups in total. The van der Waals surface area contributed by atoms with Crippen LogP contribution in [0.1, 0.15) is 31.1 Å². The molecule has 6 atom stereocenters. The molecule has 2 aliphatic rings. The van der Waals surface area contributed by atoms with E-state index in [1.807, 2.05) is 0 Å². The molecule has 3 heterocycles. The molecular formula is C17H23ClF2N4O9P2. The number of anilines is 1. The molecule has 1 saturated carbocycles. The number of hydrogen-bond donors (Lipinski definition) is 6. The summed E-state index contributed by atoms with van der Waals surface area (Å²) in [5, 5.41) is 27.9. The van der Waals surface area contributed by atoms with Gasteiger partial charge in [0.25, 0.3) is 0 Å². The monoisotopic (exact) mass is 562 g/mol.